The van der Waals surface area contributed by atoms with E-state index in [1.54, 1.807) is 0 Å². The van der Waals surface area contributed by atoms with E-state index in [-0.39, 0.29) is 17.2 Å². The number of carbonyl (C=O) groups is 3. The maximum atomic E-state index is 13.8. The second-order valence-electron chi connectivity index (χ2n) is 17.6. The Bertz CT molecular complexity index is 2440. The summed E-state index contributed by atoms with van der Waals surface area (Å²) >= 11 is 0. The number of nitrogens with one attached hydrogen (secondary N) is 2. The SMILES string of the molecule is C#CCOCCOCCOCCOCCN1CCN(CCCN2CCN(CCCNC(=O)c3ncn(-c4ncc(OC)c5c(C(=O)C(=O)N6CCC(=C(C#N)c7ccccc7)CC6)c[nH]c45)n3)CC2)CC1. The zero-order chi connectivity index (χ0) is 49.6. The predicted molar refractivity (Wildman–Crippen MR) is 266 cm³/mol. The van der Waals surface area contributed by atoms with Crippen molar-refractivity contribution >= 4 is 34.1 Å². The molecule has 3 aliphatic heterocycles. The Morgan fingerprint density at radius 2 is 1.35 bits per heavy atom. The Kier molecular flexibility index (Phi) is 20.9. The van der Waals surface area contributed by atoms with Crippen molar-refractivity contribution in [2.45, 2.75) is 25.7 Å². The number of piperidine rings is 1. The predicted octanol–water partition coefficient (Wildman–Crippen LogP) is 2.38. The van der Waals surface area contributed by atoms with Gasteiger partial charge < -0.3 is 53.6 Å². The second kappa shape index (κ2) is 28.1. The number of rotatable bonds is 27. The van der Waals surface area contributed by atoms with E-state index < -0.39 is 17.6 Å². The van der Waals surface area contributed by atoms with E-state index in [0.29, 0.717) is 108 Å². The van der Waals surface area contributed by atoms with Crippen LogP contribution in [0.4, 0.5) is 0 Å². The van der Waals surface area contributed by atoms with Gasteiger partial charge >= 0.3 is 0 Å². The fourth-order valence-electron chi connectivity index (χ4n) is 9.08. The molecule has 4 aromatic rings. The molecule has 6 heterocycles. The lowest BCUT2D eigenvalue weighted by Crippen LogP contribution is -2.49. The maximum absolute atomic E-state index is 13.8. The molecule has 0 radical (unpaired) electrons. The Morgan fingerprint density at radius 3 is 1.96 bits per heavy atom. The number of carbonyl (C=O) groups excluding carboxylic acids is 3. The van der Waals surface area contributed by atoms with Crippen LogP contribution in [0.5, 0.6) is 5.75 Å². The van der Waals surface area contributed by atoms with Crippen LogP contribution < -0.4 is 10.1 Å². The van der Waals surface area contributed by atoms with E-state index in [2.05, 4.69) is 57.0 Å². The number of nitriles is 1. The molecule has 0 spiro atoms. The van der Waals surface area contributed by atoms with Crippen LogP contribution >= 0.6 is 0 Å². The first-order valence-electron chi connectivity index (χ1n) is 24.8. The number of H-pyrrole nitrogens is 1. The van der Waals surface area contributed by atoms with Gasteiger partial charge in [-0.1, -0.05) is 36.3 Å². The van der Waals surface area contributed by atoms with Gasteiger partial charge in [-0.2, -0.15) is 9.94 Å². The Balaban J connectivity index is 0.755. The summed E-state index contributed by atoms with van der Waals surface area (Å²) < 4.78 is 28.9. The van der Waals surface area contributed by atoms with Crippen molar-refractivity contribution in [3.05, 3.63) is 71.6 Å². The van der Waals surface area contributed by atoms with Crippen molar-refractivity contribution in [3.63, 3.8) is 0 Å². The van der Waals surface area contributed by atoms with Crippen LogP contribution in [0.2, 0.25) is 0 Å². The van der Waals surface area contributed by atoms with Crippen LogP contribution in [0.3, 0.4) is 0 Å². The van der Waals surface area contributed by atoms with E-state index in [1.807, 2.05) is 30.3 Å². The average molecular weight is 977 g/mol. The first-order chi connectivity index (χ1) is 34.9. The summed E-state index contributed by atoms with van der Waals surface area (Å²) in [7, 11) is 1.46. The fourth-order valence-corrected chi connectivity index (χ4v) is 9.08. The van der Waals surface area contributed by atoms with Gasteiger partial charge in [0.05, 0.1) is 87.7 Å². The maximum Gasteiger partial charge on any atom is 0.295 e. The number of hydrogen-bond donors (Lipinski definition) is 2. The quantitative estimate of drug-likeness (QED) is 0.0289. The molecule has 0 saturated carbocycles. The topological polar surface area (TPSA) is 209 Å². The highest BCUT2D eigenvalue weighted by atomic mass is 16.6. The summed E-state index contributed by atoms with van der Waals surface area (Å²) in [5, 5.41) is 17.6. The summed E-state index contributed by atoms with van der Waals surface area (Å²) in [4.78, 5) is 63.9. The van der Waals surface area contributed by atoms with Crippen molar-refractivity contribution in [1.82, 2.24) is 54.5 Å². The van der Waals surface area contributed by atoms with Gasteiger partial charge in [0.25, 0.3) is 17.6 Å². The standard InChI is InChI=1S/C51H68N12O8/c1-3-28-68-30-32-70-34-35-71-33-31-69-29-27-61-25-23-60(24-26-61)16-8-15-59-21-19-58(20-22-59)14-7-13-53-50(65)48-56-39-63(57-48)49-46-45(44(67-2)38-55-49)43(37-54-46)47(64)51(66)62-17-11-41(12-18-62)42(36-52)40-9-5-4-6-10-40/h1,4-6,9-10,37-39,54H,7-8,11-35H2,2H3,(H,53,65). The summed E-state index contributed by atoms with van der Waals surface area (Å²) in [6, 6.07) is 11.8. The number of hydrogen-bond acceptors (Lipinski definition) is 16. The van der Waals surface area contributed by atoms with Crippen molar-refractivity contribution in [2.24, 2.45) is 0 Å². The third kappa shape index (κ3) is 15.2. The van der Waals surface area contributed by atoms with Gasteiger partial charge in [0, 0.05) is 84.7 Å². The fraction of sp³-hybridized carbons (Fsp3) is 0.549. The minimum atomic E-state index is -0.697. The first kappa shape index (κ1) is 52.7. The molecular weight excluding hydrogens is 909 g/mol. The highest BCUT2D eigenvalue weighted by molar-refractivity contribution is 6.45. The highest BCUT2D eigenvalue weighted by Crippen LogP contribution is 2.33. The number of methoxy groups -OCH3 is 1. The molecule has 1 aromatic carbocycles. The molecule has 3 fully saturated rings. The lowest BCUT2D eigenvalue weighted by atomic mass is 9.93. The van der Waals surface area contributed by atoms with Gasteiger partial charge in [-0.05, 0) is 56.5 Å². The molecule has 380 valence electrons. The average Bonchev–Trinajstić information content (AvgIpc) is 4.09. The van der Waals surface area contributed by atoms with E-state index in [9.17, 15) is 19.6 Å². The van der Waals surface area contributed by atoms with Crippen LogP contribution in [0.15, 0.2) is 54.6 Å². The molecule has 3 saturated heterocycles. The molecule has 71 heavy (non-hydrogen) atoms. The third-order valence-corrected chi connectivity index (χ3v) is 13.1. The molecule has 20 nitrogen and oxygen atoms in total. The number of nitrogens with zero attached hydrogens (tertiary/aromatic N) is 10. The van der Waals surface area contributed by atoms with Crippen LogP contribution in [0.1, 0.15) is 52.2 Å². The molecule has 7 rings (SSSR count). The summed E-state index contributed by atoms with van der Waals surface area (Å²) in [5.74, 6) is 1.24. The molecule has 3 aromatic heterocycles. The van der Waals surface area contributed by atoms with Gasteiger partial charge in [0.1, 0.15) is 18.7 Å². The lowest BCUT2D eigenvalue weighted by molar-refractivity contribution is -0.126. The van der Waals surface area contributed by atoms with Crippen LogP contribution in [-0.2, 0) is 23.7 Å². The van der Waals surface area contributed by atoms with Crippen molar-refractivity contribution < 1.29 is 38.1 Å². The van der Waals surface area contributed by atoms with Gasteiger partial charge in [-0.3, -0.25) is 19.3 Å². The second-order valence-corrected chi connectivity index (χ2v) is 17.6. The van der Waals surface area contributed by atoms with Crippen LogP contribution in [-0.4, -0.2) is 225 Å². The lowest BCUT2D eigenvalue weighted by Gasteiger charge is -2.36. The van der Waals surface area contributed by atoms with Crippen LogP contribution in [0.25, 0.3) is 22.3 Å². The van der Waals surface area contributed by atoms with Gasteiger partial charge in [-0.25, -0.2) is 9.97 Å². The number of piperazine rings is 2. The number of amides is 2. The Labute approximate surface area is 416 Å². The number of terminal acetylenes is 1. The molecule has 0 bridgehead atoms. The van der Waals surface area contributed by atoms with Crippen molar-refractivity contribution in [2.75, 3.05) is 158 Å². The van der Waals surface area contributed by atoms with Crippen molar-refractivity contribution in [3.8, 4) is 30.0 Å². The number of allylic oxidation sites excluding steroid dienone is 1. The number of likely N-dealkylation sites (tertiary alicyclic amines) is 1. The van der Waals surface area contributed by atoms with E-state index in [4.69, 9.17) is 30.1 Å². The molecule has 3 aliphatic rings. The molecule has 2 N–H and O–H groups in total. The smallest absolute Gasteiger partial charge is 0.295 e. The van der Waals surface area contributed by atoms with E-state index >= 15 is 0 Å². The minimum absolute atomic E-state index is 0.0174. The van der Waals surface area contributed by atoms with Crippen molar-refractivity contribution in [1.29, 1.82) is 5.26 Å². The molecular formula is C51H68N12O8. The summed E-state index contributed by atoms with van der Waals surface area (Å²) in [6.45, 7) is 17.8. The molecule has 0 aliphatic carbocycles. The van der Waals surface area contributed by atoms with Gasteiger partial charge in [0.15, 0.2) is 5.82 Å². The number of ketones is 1. The Morgan fingerprint density at radius 1 is 0.761 bits per heavy atom. The zero-order valence-electron chi connectivity index (χ0n) is 41.0. The number of aromatic amines is 1. The molecule has 20 heteroatoms. The number of aromatic nitrogens is 5. The largest absolute Gasteiger partial charge is 0.494 e. The number of fused-ring (bicyclic) bond motifs is 1. The van der Waals surface area contributed by atoms with E-state index in [0.717, 1.165) is 103 Å². The summed E-state index contributed by atoms with van der Waals surface area (Å²) in [6.07, 6.45) is 12.4. The van der Waals surface area contributed by atoms with Gasteiger partial charge in [0.2, 0.25) is 5.82 Å². The highest BCUT2D eigenvalue weighted by Gasteiger charge is 2.31. The summed E-state index contributed by atoms with van der Waals surface area (Å²) in [5.41, 5.74) is 2.94. The first-order valence-corrected chi connectivity index (χ1v) is 24.8. The number of benzene rings is 1. The van der Waals surface area contributed by atoms with Gasteiger partial charge in [-0.15, -0.1) is 11.5 Å². The zero-order valence-corrected chi connectivity index (χ0v) is 41.0. The number of ether oxygens (including phenoxy) is 5. The van der Waals surface area contributed by atoms with Crippen LogP contribution in [0, 0.1) is 23.7 Å². The number of pyridine rings is 1. The third-order valence-electron chi connectivity index (χ3n) is 13.1. The Hall–Kier alpha value is -6.07. The molecule has 0 unspecified atom stereocenters. The normalized spacial score (nSPS) is 16.2. The van der Waals surface area contributed by atoms with E-state index in [1.165, 1.54) is 35.4 Å². The minimum Gasteiger partial charge on any atom is -0.494 e. The number of Topliss-reactive ketones (excluding diaryl/α,β-unsaturated/α-hetero) is 1. The molecule has 2 amide bonds. The monoisotopic (exact) mass is 977 g/mol. The molecule has 0 atom stereocenters.